The molecule has 1 aliphatic rings. The molecule has 6 nitrogen and oxygen atoms in total. The number of rotatable bonds is 4. The molecule has 150 valence electrons. The molecular formula is C23H18FN3O3. The van der Waals surface area contributed by atoms with Crippen molar-refractivity contribution in [3.05, 3.63) is 76.7 Å². The molecule has 3 aromatic rings. The van der Waals surface area contributed by atoms with E-state index in [1.165, 1.54) is 40.6 Å². The zero-order valence-electron chi connectivity index (χ0n) is 16.0. The standard InChI is InChI=1S/C23H18FN3O3/c24-19-5-6-21-20(10-19)18(13-27(21)14-22(28)29)9-17(11-25)23(30)26-8-7-15-3-1-2-4-16(15)12-26/h1-6,9-10,13H,7-8,12,14H2,(H,28,29)/b17-9+. The smallest absolute Gasteiger partial charge is 0.323 e. The monoisotopic (exact) mass is 403 g/mol. The first-order valence-corrected chi connectivity index (χ1v) is 9.44. The van der Waals surface area contributed by atoms with E-state index >= 15 is 0 Å². The average molecular weight is 403 g/mol. The Morgan fingerprint density at radius 3 is 2.70 bits per heavy atom. The third-order valence-electron chi connectivity index (χ3n) is 5.25. The van der Waals surface area contributed by atoms with Crippen LogP contribution in [0.2, 0.25) is 0 Å². The van der Waals surface area contributed by atoms with Gasteiger partial charge in [0.15, 0.2) is 0 Å². The molecule has 1 aromatic heterocycles. The predicted molar refractivity (Wildman–Crippen MR) is 109 cm³/mol. The van der Waals surface area contributed by atoms with E-state index in [0.29, 0.717) is 36.0 Å². The van der Waals surface area contributed by atoms with Crippen molar-refractivity contribution in [1.82, 2.24) is 9.47 Å². The molecule has 0 saturated heterocycles. The molecule has 0 spiro atoms. The first kappa shape index (κ1) is 19.4. The summed E-state index contributed by atoms with van der Waals surface area (Å²) in [6.07, 6.45) is 3.64. The third kappa shape index (κ3) is 3.67. The van der Waals surface area contributed by atoms with Crippen LogP contribution in [-0.2, 0) is 29.1 Å². The maximum absolute atomic E-state index is 13.8. The van der Waals surface area contributed by atoms with Gasteiger partial charge in [-0.05, 0) is 41.8 Å². The molecule has 0 bridgehead atoms. The number of hydrogen-bond donors (Lipinski definition) is 1. The normalized spacial score (nSPS) is 13.7. The van der Waals surface area contributed by atoms with Crippen molar-refractivity contribution >= 4 is 28.9 Å². The lowest BCUT2D eigenvalue weighted by Crippen LogP contribution is -2.36. The van der Waals surface area contributed by atoms with Crippen molar-refractivity contribution in [2.45, 2.75) is 19.5 Å². The van der Waals surface area contributed by atoms with Crippen LogP contribution in [0.4, 0.5) is 4.39 Å². The van der Waals surface area contributed by atoms with Gasteiger partial charge in [0.2, 0.25) is 0 Å². The molecule has 2 aromatic carbocycles. The van der Waals surface area contributed by atoms with Gasteiger partial charge in [-0.1, -0.05) is 24.3 Å². The van der Waals surface area contributed by atoms with Crippen molar-refractivity contribution in [2.24, 2.45) is 0 Å². The molecule has 30 heavy (non-hydrogen) atoms. The first-order valence-electron chi connectivity index (χ1n) is 9.44. The molecule has 0 fully saturated rings. The van der Waals surface area contributed by atoms with E-state index in [1.807, 2.05) is 30.3 Å². The number of halogens is 1. The van der Waals surface area contributed by atoms with Crippen LogP contribution >= 0.6 is 0 Å². The molecule has 1 aliphatic heterocycles. The minimum Gasteiger partial charge on any atom is -0.480 e. The van der Waals surface area contributed by atoms with E-state index in [4.69, 9.17) is 5.11 Å². The lowest BCUT2D eigenvalue weighted by Gasteiger charge is -2.28. The number of hydrogen-bond acceptors (Lipinski definition) is 3. The first-order chi connectivity index (χ1) is 14.5. The topological polar surface area (TPSA) is 86.3 Å². The van der Waals surface area contributed by atoms with Crippen LogP contribution in [0.5, 0.6) is 0 Å². The maximum Gasteiger partial charge on any atom is 0.323 e. The summed E-state index contributed by atoms with van der Waals surface area (Å²) >= 11 is 0. The summed E-state index contributed by atoms with van der Waals surface area (Å²) in [5.41, 5.74) is 3.11. The Labute approximate surface area is 172 Å². The van der Waals surface area contributed by atoms with E-state index < -0.39 is 17.7 Å². The second-order valence-corrected chi connectivity index (χ2v) is 7.18. The highest BCUT2D eigenvalue weighted by Gasteiger charge is 2.23. The number of aromatic nitrogens is 1. The van der Waals surface area contributed by atoms with Crippen LogP contribution in [0.3, 0.4) is 0 Å². The lowest BCUT2D eigenvalue weighted by molar-refractivity contribution is -0.137. The van der Waals surface area contributed by atoms with Gasteiger partial charge >= 0.3 is 5.97 Å². The second kappa shape index (κ2) is 7.84. The number of benzene rings is 2. The van der Waals surface area contributed by atoms with E-state index in [1.54, 1.807) is 4.90 Å². The predicted octanol–water partition coefficient (Wildman–Crippen LogP) is 3.36. The number of carbonyl (C=O) groups is 2. The fourth-order valence-corrected chi connectivity index (χ4v) is 3.83. The number of carboxylic acid groups (broad SMARTS) is 1. The van der Waals surface area contributed by atoms with Crippen molar-refractivity contribution in [3.8, 4) is 6.07 Å². The van der Waals surface area contributed by atoms with E-state index in [9.17, 15) is 19.2 Å². The summed E-state index contributed by atoms with van der Waals surface area (Å²) in [5, 5.41) is 19.2. The van der Waals surface area contributed by atoms with Crippen LogP contribution in [0.25, 0.3) is 17.0 Å². The van der Waals surface area contributed by atoms with Crippen molar-refractivity contribution in [3.63, 3.8) is 0 Å². The highest BCUT2D eigenvalue weighted by molar-refractivity contribution is 6.04. The minimum absolute atomic E-state index is 0.0759. The van der Waals surface area contributed by atoms with Crippen molar-refractivity contribution < 1.29 is 19.1 Å². The van der Waals surface area contributed by atoms with E-state index in [0.717, 1.165) is 5.56 Å². The molecule has 0 radical (unpaired) electrons. The van der Waals surface area contributed by atoms with Gasteiger partial charge in [-0.2, -0.15) is 5.26 Å². The molecule has 0 atom stereocenters. The van der Waals surface area contributed by atoms with Gasteiger partial charge in [0.1, 0.15) is 24.0 Å². The second-order valence-electron chi connectivity index (χ2n) is 7.18. The highest BCUT2D eigenvalue weighted by atomic mass is 19.1. The molecule has 2 heterocycles. The number of aliphatic carboxylic acids is 1. The maximum atomic E-state index is 13.8. The third-order valence-corrected chi connectivity index (χ3v) is 5.25. The summed E-state index contributed by atoms with van der Waals surface area (Å²) in [5.74, 6) is -1.93. The van der Waals surface area contributed by atoms with E-state index in [-0.39, 0.29) is 12.1 Å². The van der Waals surface area contributed by atoms with Gasteiger partial charge in [-0.3, -0.25) is 9.59 Å². The summed E-state index contributed by atoms with van der Waals surface area (Å²) in [6, 6.07) is 13.8. The minimum atomic E-state index is -1.05. The molecule has 0 aliphatic carbocycles. The summed E-state index contributed by atoms with van der Waals surface area (Å²) in [4.78, 5) is 25.8. The van der Waals surface area contributed by atoms with Crippen LogP contribution < -0.4 is 0 Å². The number of carboxylic acids is 1. The largest absolute Gasteiger partial charge is 0.480 e. The Morgan fingerprint density at radius 2 is 1.97 bits per heavy atom. The van der Waals surface area contributed by atoms with Gasteiger partial charge in [0.05, 0.1) is 0 Å². The van der Waals surface area contributed by atoms with Crippen molar-refractivity contribution in [1.29, 1.82) is 5.26 Å². The molecular weight excluding hydrogens is 385 g/mol. The Balaban J connectivity index is 1.70. The SMILES string of the molecule is N#C/C(=C\c1cn(CC(=O)O)c2ccc(F)cc12)C(=O)N1CCc2ccccc2C1. The quantitative estimate of drug-likeness (QED) is 0.535. The zero-order valence-corrected chi connectivity index (χ0v) is 16.0. The van der Waals surface area contributed by atoms with Crippen LogP contribution in [-0.4, -0.2) is 33.0 Å². The van der Waals surface area contributed by atoms with E-state index in [2.05, 4.69) is 0 Å². The van der Waals surface area contributed by atoms with Crippen LogP contribution in [0.1, 0.15) is 16.7 Å². The fourth-order valence-electron chi connectivity index (χ4n) is 3.83. The molecule has 1 N–H and O–H groups in total. The van der Waals surface area contributed by atoms with Gasteiger partial charge in [-0.15, -0.1) is 0 Å². The molecule has 0 unspecified atom stereocenters. The number of fused-ring (bicyclic) bond motifs is 2. The zero-order chi connectivity index (χ0) is 21.3. The number of amides is 1. The summed E-state index contributed by atoms with van der Waals surface area (Å²) in [6.45, 7) is 0.614. The molecule has 4 rings (SSSR count). The van der Waals surface area contributed by atoms with Gasteiger partial charge in [0, 0.05) is 35.8 Å². The Kier molecular flexibility index (Phi) is 5.07. The number of nitriles is 1. The van der Waals surface area contributed by atoms with Crippen molar-refractivity contribution in [2.75, 3.05) is 6.54 Å². The Bertz CT molecular complexity index is 1240. The van der Waals surface area contributed by atoms with Gasteiger partial charge in [-0.25, -0.2) is 4.39 Å². The molecule has 1 amide bonds. The van der Waals surface area contributed by atoms with Gasteiger partial charge in [0.25, 0.3) is 5.91 Å². The Morgan fingerprint density at radius 1 is 1.20 bits per heavy atom. The molecule has 7 heteroatoms. The fraction of sp³-hybridized carbons (Fsp3) is 0.174. The van der Waals surface area contributed by atoms with Gasteiger partial charge < -0.3 is 14.6 Å². The van der Waals surface area contributed by atoms with Crippen LogP contribution in [0, 0.1) is 17.1 Å². The summed E-state index contributed by atoms with van der Waals surface area (Å²) in [7, 11) is 0. The highest BCUT2D eigenvalue weighted by Crippen LogP contribution is 2.26. The lowest BCUT2D eigenvalue weighted by atomic mass is 9.99. The number of nitrogens with zero attached hydrogens (tertiary/aromatic N) is 3. The summed E-state index contributed by atoms with van der Waals surface area (Å²) < 4.78 is 15.3. The molecule has 0 saturated carbocycles. The average Bonchev–Trinajstić information content (AvgIpc) is 3.06. The Hall–Kier alpha value is -3.92. The number of carbonyl (C=O) groups excluding carboxylic acids is 1. The van der Waals surface area contributed by atoms with Crippen LogP contribution in [0.15, 0.2) is 54.2 Å².